The minimum Gasteiger partial charge on any atom is -0.486 e. The van der Waals surface area contributed by atoms with Crippen LogP contribution >= 0.6 is 11.6 Å². The second-order valence-corrected chi connectivity index (χ2v) is 10.4. The highest BCUT2D eigenvalue weighted by Crippen LogP contribution is 2.34. The van der Waals surface area contributed by atoms with Crippen molar-refractivity contribution in [3.63, 3.8) is 0 Å². The first-order valence-electron chi connectivity index (χ1n) is 13.7. The van der Waals surface area contributed by atoms with Crippen molar-refractivity contribution in [3.8, 4) is 17.2 Å². The Morgan fingerprint density at radius 3 is 2.26 bits per heavy atom. The number of hydrazone groups is 1. The molecule has 0 saturated heterocycles. The Kier molecular flexibility index (Phi) is 9.43. The Hall–Kier alpha value is -5.95. The molecule has 3 aromatic carbocycles. The molecule has 1 N–H and O–H groups in total. The average Bonchev–Trinajstić information content (AvgIpc) is 3.65. The van der Waals surface area contributed by atoms with Gasteiger partial charge in [-0.2, -0.15) is 5.10 Å². The molecule has 0 unspecified atom stereocenters. The lowest BCUT2D eigenvalue weighted by molar-refractivity contribution is -0.386. The number of non-ortho nitro benzene ring substituents is 1. The molecule has 5 aromatic rings. The number of furan rings is 1. The summed E-state index contributed by atoms with van der Waals surface area (Å²) in [6.07, 6.45) is 1.15. The van der Waals surface area contributed by atoms with Crippen molar-refractivity contribution in [1.82, 2.24) is 9.99 Å². The van der Waals surface area contributed by atoms with E-state index in [-0.39, 0.29) is 41.0 Å². The van der Waals surface area contributed by atoms with Gasteiger partial charge in [0.05, 0.1) is 16.1 Å². The summed E-state index contributed by atoms with van der Waals surface area (Å²) in [7, 11) is 0. The minimum atomic E-state index is -0.672. The summed E-state index contributed by atoms with van der Waals surface area (Å²) in [5.41, 5.74) is 5.68. The third-order valence-corrected chi connectivity index (χ3v) is 7.01. The molecular formula is C32H26ClN5O8. The number of carbonyl (C=O) groups excluding carboxylic acids is 1. The third-order valence-electron chi connectivity index (χ3n) is 6.79. The number of nitrogens with zero attached hydrogens (tertiary/aromatic N) is 4. The number of aryl methyl sites for hydroxylation is 2. The minimum absolute atomic E-state index is 0.0311. The topological polar surface area (TPSA) is 164 Å². The molecule has 2 aromatic heterocycles. The summed E-state index contributed by atoms with van der Waals surface area (Å²) in [5.74, 6) is 0.170. The van der Waals surface area contributed by atoms with Crippen LogP contribution in [0.15, 0.2) is 94.4 Å². The first-order valence-corrected chi connectivity index (χ1v) is 14.1. The Balaban J connectivity index is 1.21. The van der Waals surface area contributed by atoms with E-state index in [2.05, 4.69) is 27.2 Å². The molecule has 0 aliphatic rings. The molecule has 234 valence electrons. The van der Waals surface area contributed by atoms with Crippen molar-refractivity contribution in [2.45, 2.75) is 27.1 Å². The number of hydrogen-bond donors (Lipinski definition) is 1. The van der Waals surface area contributed by atoms with E-state index in [1.807, 2.05) is 38.1 Å². The summed E-state index contributed by atoms with van der Waals surface area (Å²) in [6, 6.07) is 22.8. The second-order valence-electron chi connectivity index (χ2n) is 10.0. The van der Waals surface area contributed by atoms with Crippen molar-refractivity contribution < 1.29 is 28.5 Å². The van der Waals surface area contributed by atoms with E-state index >= 15 is 0 Å². The van der Waals surface area contributed by atoms with Crippen LogP contribution in [0.4, 0.5) is 11.4 Å². The third kappa shape index (κ3) is 7.39. The number of halogens is 1. The highest BCUT2D eigenvalue weighted by atomic mass is 35.5. The molecule has 0 spiro atoms. The molecule has 0 radical (unpaired) electrons. The molecule has 46 heavy (non-hydrogen) atoms. The summed E-state index contributed by atoms with van der Waals surface area (Å²) >= 11 is 6.09. The van der Waals surface area contributed by atoms with E-state index in [1.165, 1.54) is 36.4 Å². The predicted molar refractivity (Wildman–Crippen MR) is 169 cm³/mol. The van der Waals surface area contributed by atoms with Gasteiger partial charge < -0.3 is 18.5 Å². The molecule has 0 aliphatic heterocycles. The summed E-state index contributed by atoms with van der Waals surface area (Å²) in [5, 5.41) is 26.6. The molecule has 0 bridgehead atoms. The summed E-state index contributed by atoms with van der Waals surface area (Å²) in [4.78, 5) is 34.1. The van der Waals surface area contributed by atoms with E-state index < -0.39 is 21.4 Å². The fourth-order valence-corrected chi connectivity index (χ4v) is 4.79. The smallest absolute Gasteiger partial charge is 0.313 e. The van der Waals surface area contributed by atoms with Crippen LogP contribution in [-0.4, -0.2) is 26.5 Å². The van der Waals surface area contributed by atoms with Gasteiger partial charge in [-0.05, 0) is 86.1 Å². The maximum absolute atomic E-state index is 12.7. The molecular weight excluding hydrogens is 618 g/mol. The molecule has 14 heteroatoms. The van der Waals surface area contributed by atoms with Crippen LogP contribution in [0.3, 0.4) is 0 Å². The molecule has 2 heterocycles. The lowest BCUT2D eigenvalue weighted by Gasteiger charge is -2.10. The lowest BCUT2D eigenvalue weighted by atomic mass is 10.1. The van der Waals surface area contributed by atoms with Gasteiger partial charge in [0.2, 0.25) is 5.75 Å². The first-order chi connectivity index (χ1) is 22.1. The zero-order chi connectivity index (χ0) is 32.8. The van der Waals surface area contributed by atoms with Crippen LogP contribution in [0.1, 0.15) is 38.8 Å². The first kappa shape index (κ1) is 31.5. The molecule has 0 atom stereocenters. The number of amides is 1. The number of rotatable bonds is 12. The van der Waals surface area contributed by atoms with Gasteiger partial charge in [-0.25, -0.2) is 5.43 Å². The van der Waals surface area contributed by atoms with Gasteiger partial charge in [0.25, 0.3) is 5.69 Å². The van der Waals surface area contributed by atoms with Crippen LogP contribution in [0, 0.1) is 34.1 Å². The monoisotopic (exact) mass is 643 g/mol. The molecule has 5 rings (SSSR count). The summed E-state index contributed by atoms with van der Waals surface area (Å²) < 4.78 is 19.2. The fourth-order valence-electron chi connectivity index (χ4n) is 4.57. The van der Waals surface area contributed by atoms with E-state index in [0.717, 1.165) is 29.4 Å². The summed E-state index contributed by atoms with van der Waals surface area (Å²) in [6.45, 7) is 4.02. The van der Waals surface area contributed by atoms with Gasteiger partial charge in [0.1, 0.15) is 24.7 Å². The van der Waals surface area contributed by atoms with Crippen molar-refractivity contribution >= 4 is 35.1 Å². The van der Waals surface area contributed by atoms with E-state index in [9.17, 15) is 25.0 Å². The van der Waals surface area contributed by atoms with Gasteiger partial charge >= 0.3 is 11.6 Å². The number of carbonyl (C=O) groups is 1. The van der Waals surface area contributed by atoms with Gasteiger partial charge in [0, 0.05) is 45.9 Å². The van der Waals surface area contributed by atoms with Gasteiger partial charge in [-0.3, -0.25) is 25.0 Å². The van der Waals surface area contributed by atoms with Crippen LogP contribution in [0.25, 0.3) is 5.69 Å². The van der Waals surface area contributed by atoms with Gasteiger partial charge in [-0.1, -0.05) is 11.6 Å². The maximum Gasteiger partial charge on any atom is 0.313 e. The number of nitro benzene ring substituents is 2. The number of hydrogen-bond acceptors (Lipinski definition) is 9. The zero-order valence-corrected chi connectivity index (χ0v) is 25.3. The molecule has 0 fully saturated rings. The highest BCUT2D eigenvalue weighted by molar-refractivity contribution is 6.31. The van der Waals surface area contributed by atoms with Gasteiger partial charge in [-0.15, -0.1) is 0 Å². The van der Waals surface area contributed by atoms with Crippen molar-refractivity contribution in [3.05, 3.63) is 144 Å². The lowest BCUT2D eigenvalue weighted by Crippen LogP contribution is -2.17. The van der Waals surface area contributed by atoms with Crippen LogP contribution in [0.5, 0.6) is 11.5 Å². The zero-order valence-electron chi connectivity index (χ0n) is 24.5. The number of benzene rings is 3. The van der Waals surface area contributed by atoms with Crippen LogP contribution in [0.2, 0.25) is 5.02 Å². The molecule has 0 aliphatic carbocycles. The molecule has 0 saturated carbocycles. The number of nitrogens with one attached hydrogen (secondary N) is 1. The number of ether oxygens (including phenoxy) is 2. The van der Waals surface area contributed by atoms with E-state index in [4.69, 9.17) is 25.5 Å². The second kappa shape index (κ2) is 13.8. The van der Waals surface area contributed by atoms with Crippen LogP contribution < -0.4 is 14.9 Å². The van der Waals surface area contributed by atoms with Crippen molar-refractivity contribution in [2.75, 3.05) is 0 Å². The normalized spacial score (nSPS) is 11.0. The molecule has 1 amide bonds. The Labute approximate surface area is 266 Å². The van der Waals surface area contributed by atoms with Crippen molar-refractivity contribution in [2.24, 2.45) is 5.10 Å². The quantitative estimate of drug-likeness (QED) is 0.0856. The Bertz CT molecular complexity index is 1910. The number of aromatic nitrogens is 1. The van der Waals surface area contributed by atoms with E-state index in [0.29, 0.717) is 17.1 Å². The largest absolute Gasteiger partial charge is 0.486 e. The van der Waals surface area contributed by atoms with Gasteiger partial charge in [0.15, 0.2) is 5.76 Å². The fraction of sp³-hybridized carbons (Fsp3) is 0.125. The molecule has 13 nitrogen and oxygen atoms in total. The van der Waals surface area contributed by atoms with Crippen molar-refractivity contribution in [1.29, 1.82) is 0 Å². The van der Waals surface area contributed by atoms with Crippen LogP contribution in [-0.2, 0) is 13.2 Å². The Morgan fingerprint density at radius 2 is 1.61 bits per heavy atom. The van der Waals surface area contributed by atoms with E-state index in [1.54, 1.807) is 6.07 Å². The maximum atomic E-state index is 12.7. The standard InChI is InChI=1S/C32H26ClN5O8/c1-20-3-4-21(2)36(20)25-9-11-27(12-10-25)44-19-28-13-14-30(46-28)32(39)35-34-17-23-15-24(33)16-29(38(42)43)31(23)45-18-22-5-7-26(8-6-22)37(40)41/h3-17H,18-19H2,1-2H3,(H,35,39)/b34-17+. The average molecular weight is 644 g/mol. The Morgan fingerprint density at radius 1 is 0.913 bits per heavy atom. The SMILES string of the molecule is Cc1ccc(C)n1-c1ccc(OCc2ccc(C(=O)N/N=C/c3cc(Cl)cc([N+](=O)[O-])c3OCc3ccc([N+](=O)[O-])cc3)o2)cc1. The predicted octanol–water partition coefficient (Wildman–Crippen LogP) is 7.08. The highest BCUT2D eigenvalue weighted by Gasteiger charge is 2.21. The number of nitro groups is 2.